The van der Waals surface area contributed by atoms with E-state index in [1.165, 1.54) is 5.69 Å². The Bertz CT molecular complexity index is 785. The molecule has 3 rings (SSSR count). The van der Waals surface area contributed by atoms with Crippen molar-refractivity contribution in [3.8, 4) is 11.5 Å². The first-order chi connectivity index (χ1) is 15.2. The summed E-state index contributed by atoms with van der Waals surface area (Å²) in [5, 5.41) is 3.03. The van der Waals surface area contributed by atoms with Gasteiger partial charge in [0.15, 0.2) is 0 Å². The molecule has 0 atom stereocenters. The molecule has 6 heteroatoms. The van der Waals surface area contributed by atoms with Gasteiger partial charge in [-0.25, -0.2) is 0 Å². The molecule has 1 fully saturated rings. The number of nitrogens with zero attached hydrogens (tertiary/aromatic N) is 2. The molecule has 1 saturated heterocycles. The molecular formula is C25H35N3O3. The fourth-order valence-electron chi connectivity index (χ4n) is 3.67. The van der Waals surface area contributed by atoms with E-state index >= 15 is 0 Å². The van der Waals surface area contributed by atoms with Crippen molar-refractivity contribution in [2.45, 2.75) is 26.2 Å². The van der Waals surface area contributed by atoms with E-state index in [0.29, 0.717) is 12.1 Å². The molecule has 1 amide bonds. The second-order valence-corrected chi connectivity index (χ2v) is 7.86. The summed E-state index contributed by atoms with van der Waals surface area (Å²) in [6, 6.07) is 15.7. The number of hydrogen-bond donors (Lipinski definition) is 1. The van der Waals surface area contributed by atoms with Crippen LogP contribution in [0.1, 0.15) is 36.5 Å². The van der Waals surface area contributed by atoms with Crippen LogP contribution in [0.25, 0.3) is 0 Å². The number of unbranched alkanes of at least 4 members (excludes halogenated alkanes) is 1. The van der Waals surface area contributed by atoms with E-state index in [1.54, 1.807) is 7.11 Å². The fraction of sp³-hybridized carbons (Fsp3) is 0.480. The normalized spacial score (nSPS) is 14.3. The van der Waals surface area contributed by atoms with E-state index in [-0.39, 0.29) is 5.91 Å². The van der Waals surface area contributed by atoms with Crippen molar-refractivity contribution >= 4 is 11.6 Å². The lowest BCUT2D eigenvalue weighted by molar-refractivity contribution is 0.0951. The Morgan fingerprint density at radius 1 is 0.935 bits per heavy atom. The van der Waals surface area contributed by atoms with E-state index in [2.05, 4.69) is 34.2 Å². The van der Waals surface area contributed by atoms with Gasteiger partial charge < -0.3 is 19.7 Å². The van der Waals surface area contributed by atoms with Crippen LogP contribution in [0.4, 0.5) is 5.69 Å². The van der Waals surface area contributed by atoms with Crippen molar-refractivity contribution in [3.05, 3.63) is 54.1 Å². The number of hydrogen-bond acceptors (Lipinski definition) is 5. The Kier molecular flexibility index (Phi) is 9.03. The van der Waals surface area contributed by atoms with Gasteiger partial charge in [-0.3, -0.25) is 9.69 Å². The molecule has 168 valence electrons. The third-order valence-corrected chi connectivity index (χ3v) is 5.63. The largest absolute Gasteiger partial charge is 0.497 e. The van der Waals surface area contributed by atoms with Crippen molar-refractivity contribution in [3.63, 3.8) is 0 Å². The first kappa shape index (κ1) is 22.9. The maximum absolute atomic E-state index is 12.3. The zero-order valence-electron chi connectivity index (χ0n) is 18.8. The van der Waals surface area contributed by atoms with E-state index in [4.69, 9.17) is 9.47 Å². The Balaban J connectivity index is 1.31. The molecule has 2 aromatic rings. The number of ether oxygens (including phenoxy) is 2. The molecule has 1 aliphatic heterocycles. The molecule has 0 aromatic heterocycles. The first-order valence-corrected chi connectivity index (χ1v) is 11.3. The average molecular weight is 426 g/mol. The predicted molar refractivity (Wildman–Crippen MR) is 125 cm³/mol. The topological polar surface area (TPSA) is 54.0 Å². The number of methoxy groups -OCH3 is 1. The van der Waals surface area contributed by atoms with E-state index in [9.17, 15) is 4.79 Å². The monoisotopic (exact) mass is 425 g/mol. The number of carbonyl (C=O) groups is 1. The van der Waals surface area contributed by atoms with Crippen molar-refractivity contribution in [2.24, 2.45) is 0 Å². The van der Waals surface area contributed by atoms with Crippen LogP contribution in [0.2, 0.25) is 0 Å². The summed E-state index contributed by atoms with van der Waals surface area (Å²) in [6.07, 6.45) is 3.10. The van der Waals surface area contributed by atoms with Gasteiger partial charge in [0, 0.05) is 44.0 Å². The molecule has 0 bridgehead atoms. The van der Waals surface area contributed by atoms with Gasteiger partial charge >= 0.3 is 0 Å². The van der Waals surface area contributed by atoms with Crippen molar-refractivity contribution in [2.75, 3.05) is 57.9 Å². The van der Waals surface area contributed by atoms with Gasteiger partial charge in [-0.15, -0.1) is 0 Å². The van der Waals surface area contributed by atoms with Gasteiger partial charge in [0.05, 0.1) is 13.7 Å². The molecule has 31 heavy (non-hydrogen) atoms. The highest BCUT2D eigenvalue weighted by Crippen LogP contribution is 2.20. The summed E-state index contributed by atoms with van der Waals surface area (Å²) in [5.41, 5.74) is 1.92. The molecule has 0 radical (unpaired) electrons. The Morgan fingerprint density at radius 3 is 2.26 bits per heavy atom. The third-order valence-electron chi connectivity index (χ3n) is 5.63. The number of carbonyl (C=O) groups excluding carboxylic acids is 1. The molecule has 1 N–H and O–H groups in total. The lowest BCUT2D eigenvalue weighted by atomic mass is 10.2. The number of nitrogens with one attached hydrogen (secondary N) is 1. The summed E-state index contributed by atoms with van der Waals surface area (Å²) in [5.74, 6) is 1.68. The highest BCUT2D eigenvalue weighted by Gasteiger charge is 2.17. The standard InChI is InChI=1S/C25H35N3O3/c1-3-4-20-31-24-10-6-21(7-11-24)25(29)26-14-5-15-27-16-18-28(19-17-27)22-8-12-23(30-2)13-9-22/h6-13H,3-5,14-20H2,1-2H3,(H,26,29). The second-order valence-electron chi connectivity index (χ2n) is 7.86. The lowest BCUT2D eigenvalue weighted by Gasteiger charge is -2.36. The van der Waals surface area contributed by atoms with Crippen LogP contribution in [0.5, 0.6) is 11.5 Å². The molecule has 2 aromatic carbocycles. The van der Waals surface area contributed by atoms with Crippen molar-refractivity contribution < 1.29 is 14.3 Å². The number of piperazine rings is 1. The van der Waals surface area contributed by atoms with Crippen LogP contribution >= 0.6 is 0 Å². The quantitative estimate of drug-likeness (QED) is 0.555. The van der Waals surface area contributed by atoms with Crippen LogP contribution in [0.3, 0.4) is 0 Å². The minimum absolute atomic E-state index is 0.0237. The number of amides is 1. The zero-order valence-corrected chi connectivity index (χ0v) is 18.8. The minimum Gasteiger partial charge on any atom is -0.497 e. The molecule has 0 saturated carbocycles. The van der Waals surface area contributed by atoms with Gasteiger partial charge in [0.1, 0.15) is 11.5 Å². The molecule has 6 nitrogen and oxygen atoms in total. The Morgan fingerprint density at radius 2 is 1.61 bits per heavy atom. The summed E-state index contributed by atoms with van der Waals surface area (Å²) in [6.45, 7) is 8.67. The van der Waals surface area contributed by atoms with Crippen LogP contribution in [0.15, 0.2) is 48.5 Å². The highest BCUT2D eigenvalue weighted by atomic mass is 16.5. The third kappa shape index (κ3) is 7.17. The summed E-state index contributed by atoms with van der Waals surface area (Å²) >= 11 is 0. The molecule has 1 aliphatic rings. The zero-order chi connectivity index (χ0) is 21.9. The summed E-state index contributed by atoms with van der Waals surface area (Å²) in [7, 11) is 1.69. The summed E-state index contributed by atoms with van der Waals surface area (Å²) in [4.78, 5) is 17.2. The molecule has 1 heterocycles. The average Bonchev–Trinajstić information content (AvgIpc) is 2.83. The Hall–Kier alpha value is -2.73. The molecule has 0 aliphatic carbocycles. The molecule has 0 unspecified atom stereocenters. The van der Waals surface area contributed by atoms with E-state index in [0.717, 1.165) is 70.1 Å². The summed E-state index contributed by atoms with van der Waals surface area (Å²) < 4.78 is 10.9. The van der Waals surface area contributed by atoms with Gasteiger partial charge in [-0.2, -0.15) is 0 Å². The first-order valence-electron chi connectivity index (χ1n) is 11.3. The number of benzene rings is 2. The smallest absolute Gasteiger partial charge is 0.251 e. The number of anilines is 1. The van der Waals surface area contributed by atoms with Gasteiger partial charge in [0.25, 0.3) is 5.91 Å². The van der Waals surface area contributed by atoms with Crippen LogP contribution in [-0.2, 0) is 0 Å². The minimum atomic E-state index is -0.0237. The maximum Gasteiger partial charge on any atom is 0.251 e. The predicted octanol–water partition coefficient (Wildman–Crippen LogP) is 3.82. The van der Waals surface area contributed by atoms with E-state index in [1.807, 2.05) is 36.4 Å². The van der Waals surface area contributed by atoms with Gasteiger partial charge in [-0.1, -0.05) is 13.3 Å². The fourth-order valence-corrected chi connectivity index (χ4v) is 3.67. The Labute approximate surface area is 186 Å². The lowest BCUT2D eigenvalue weighted by Crippen LogP contribution is -2.47. The molecular weight excluding hydrogens is 390 g/mol. The molecule has 0 spiro atoms. The van der Waals surface area contributed by atoms with Gasteiger partial charge in [0.2, 0.25) is 0 Å². The van der Waals surface area contributed by atoms with Gasteiger partial charge in [-0.05, 0) is 67.9 Å². The van der Waals surface area contributed by atoms with Crippen LogP contribution in [0, 0.1) is 0 Å². The van der Waals surface area contributed by atoms with Crippen LogP contribution < -0.4 is 19.7 Å². The number of rotatable bonds is 11. The maximum atomic E-state index is 12.3. The van der Waals surface area contributed by atoms with Crippen molar-refractivity contribution in [1.29, 1.82) is 0 Å². The second kappa shape index (κ2) is 12.2. The SMILES string of the molecule is CCCCOc1ccc(C(=O)NCCCN2CCN(c3ccc(OC)cc3)CC2)cc1. The van der Waals surface area contributed by atoms with Crippen molar-refractivity contribution in [1.82, 2.24) is 10.2 Å². The van der Waals surface area contributed by atoms with E-state index < -0.39 is 0 Å². The van der Waals surface area contributed by atoms with Crippen LogP contribution in [-0.4, -0.2) is 63.8 Å². The highest BCUT2D eigenvalue weighted by molar-refractivity contribution is 5.94.